The number of piperidine rings is 1. The number of hydrogen-bond acceptors (Lipinski definition) is 3. The predicted molar refractivity (Wildman–Crippen MR) is 84.6 cm³/mol. The number of fused-ring (bicyclic) bond motifs is 1. The van der Waals surface area contributed by atoms with E-state index in [9.17, 15) is 0 Å². The maximum atomic E-state index is 5.75. The molecule has 1 unspecified atom stereocenters. The fraction of sp³-hybridized carbons (Fsp3) is 0.625. The third-order valence-electron chi connectivity index (χ3n) is 4.39. The molecule has 0 radical (unpaired) electrons. The third kappa shape index (κ3) is 3.46. The number of ether oxygens (including phenoxy) is 1. The Labute approximate surface area is 127 Å². The van der Waals surface area contributed by atoms with E-state index in [0.29, 0.717) is 6.04 Å². The first-order valence-electron chi connectivity index (χ1n) is 7.55. The van der Waals surface area contributed by atoms with Gasteiger partial charge in [0.15, 0.2) is 0 Å². The molecule has 3 nitrogen and oxygen atoms in total. The highest BCUT2D eigenvalue weighted by Crippen LogP contribution is 2.28. The van der Waals surface area contributed by atoms with Gasteiger partial charge < -0.3 is 10.5 Å². The van der Waals surface area contributed by atoms with E-state index in [1.807, 2.05) is 0 Å². The summed E-state index contributed by atoms with van der Waals surface area (Å²) in [4.78, 5) is 2.62. The first-order chi connectivity index (χ1) is 9.36. The SMILES string of the molecule is Cl.NCCC1CCCCN1Cc1ccc2c(c1)CCO2. The van der Waals surface area contributed by atoms with Crippen molar-refractivity contribution in [3.8, 4) is 5.75 Å². The summed E-state index contributed by atoms with van der Waals surface area (Å²) in [5.41, 5.74) is 8.55. The first-order valence-corrected chi connectivity index (χ1v) is 7.55. The van der Waals surface area contributed by atoms with Gasteiger partial charge in [0.2, 0.25) is 0 Å². The predicted octanol–water partition coefficient (Wildman–Crippen LogP) is 2.75. The second-order valence-corrected chi connectivity index (χ2v) is 5.74. The van der Waals surface area contributed by atoms with Gasteiger partial charge in [-0.1, -0.05) is 18.6 Å². The summed E-state index contributed by atoms with van der Waals surface area (Å²) in [5.74, 6) is 1.08. The highest BCUT2D eigenvalue weighted by molar-refractivity contribution is 5.85. The van der Waals surface area contributed by atoms with Gasteiger partial charge in [0, 0.05) is 19.0 Å². The van der Waals surface area contributed by atoms with Crippen molar-refractivity contribution in [2.75, 3.05) is 19.7 Å². The van der Waals surface area contributed by atoms with Gasteiger partial charge in [0.05, 0.1) is 6.61 Å². The molecule has 0 amide bonds. The van der Waals surface area contributed by atoms with Gasteiger partial charge in [-0.3, -0.25) is 4.90 Å². The maximum absolute atomic E-state index is 5.75. The van der Waals surface area contributed by atoms with E-state index < -0.39 is 0 Å². The summed E-state index contributed by atoms with van der Waals surface area (Å²) in [6, 6.07) is 7.37. The van der Waals surface area contributed by atoms with Crippen LogP contribution in [0.15, 0.2) is 18.2 Å². The van der Waals surface area contributed by atoms with Gasteiger partial charge in [0.25, 0.3) is 0 Å². The number of likely N-dealkylation sites (tertiary alicyclic amines) is 1. The van der Waals surface area contributed by atoms with Crippen molar-refractivity contribution < 1.29 is 4.74 Å². The van der Waals surface area contributed by atoms with Crippen LogP contribution in [0.2, 0.25) is 0 Å². The minimum atomic E-state index is 0. The van der Waals surface area contributed by atoms with Crippen LogP contribution in [-0.2, 0) is 13.0 Å². The van der Waals surface area contributed by atoms with Crippen molar-refractivity contribution in [2.24, 2.45) is 5.73 Å². The molecule has 0 aliphatic carbocycles. The number of halogens is 1. The van der Waals surface area contributed by atoms with Crippen LogP contribution in [0.5, 0.6) is 5.75 Å². The van der Waals surface area contributed by atoms with Crippen LogP contribution >= 0.6 is 12.4 Å². The zero-order valence-corrected chi connectivity index (χ0v) is 12.8. The molecular weight excluding hydrogens is 272 g/mol. The molecule has 1 atom stereocenters. The van der Waals surface area contributed by atoms with E-state index in [1.54, 1.807) is 0 Å². The monoisotopic (exact) mass is 296 g/mol. The lowest BCUT2D eigenvalue weighted by atomic mass is 9.98. The van der Waals surface area contributed by atoms with Crippen LogP contribution in [0, 0.1) is 0 Å². The molecule has 2 heterocycles. The molecule has 1 fully saturated rings. The Bertz CT molecular complexity index is 436. The second-order valence-electron chi connectivity index (χ2n) is 5.74. The highest BCUT2D eigenvalue weighted by Gasteiger charge is 2.22. The molecule has 3 rings (SSSR count). The normalized spacial score (nSPS) is 21.9. The molecule has 4 heteroatoms. The molecule has 2 N–H and O–H groups in total. The van der Waals surface area contributed by atoms with Gasteiger partial charge in [0.1, 0.15) is 5.75 Å². The average molecular weight is 297 g/mol. The zero-order valence-electron chi connectivity index (χ0n) is 12.0. The molecule has 112 valence electrons. The van der Waals surface area contributed by atoms with Crippen molar-refractivity contribution in [1.82, 2.24) is 4.90 Å². The maximum Gasteiger partial charge on any atom is 0.122 e. The molecule has 1 aromatic rings. The summed E-state index contributed by atoms with van der Waals surface area (Å²) in [6.07, 6.45) is 6.20. The molecule has 0 spiro atoms. The Hall–Kier alpha value is -0.770. The molecule has 0 aromatic heterocycles. The lowest BCUT2D eigenvalue weighted by Crippen LogP contribution is -2.40. The lowest BCUT2D eigenvalue weighted by molar-refractivity contribution is 0.134. The number of rotatable bonds is 4. The Morgan fingerprint density at radius 2 is 2.20 bits per heavy atom. The van der Waals surface area contributed by atoms with Crippen LogP contribution in [0.25, 0.3) is 0 Å². The Kier molecular flexibility index (Phi) is 5.70. The first kappa shape index (κ1) is 15.6. The van der Waals surface area contributed by atoms with Crippen molar-refractivity contribution in [3.05, 3.63) is 29.3 Å². The minimum absolute atomic E-state index is 0. The number of benzene rings is 1. The largest absolute Gasteiger partial charge is 0.493 e. The van der Waals surface area contributed by atoms with Crippen LogP contribution in [0.1, 0.15) is 36.8 Å². The third-order valence-corrected chi connectivity index (χ3v) is 4.39. The molecule has 0 saturated carbocycles. The van der Waals surface area contributed by atoms with E-state index in [4.69, 9.17) is 10.5 Å². The van der Waals surface area contributed by atoms with Crippen molar-refractivity contribution in [1.29, 1.82) is 0 Å². The van der Waals surface area contributed by atoms with Gasteiger partial charge in [-0.25, -0.2) is 0 Å². The van der Waals surface area contributed by atoms with Crippen molar-refractivity contribution >= 4 is 12.4 Å². The van der Waals surface area contributed by atoms with Gasteiger partial charge in [-0.15, -0.1) is 12.4 Å². The fourth-order valence-corrected chi connectivity index (χ4v) is 3.36. The summed E-state index contributed by atoms with van der Waals surface area (Å²) < 4.78 is 5.57. The Morgan fingerprint density at radius 1 is 1.30 bits per heavy atom. The summed E-state index contributed by atoms with van der Waals surface area (Å²) >= 11 is 0. The zero-order chi connectivity index (χ0) is 13.1. The second kappa shape index (κ2) is 7.30. The van der Waals surface area contributed by atoms with Crippen LogP contribution < -0.4 is 10.5 Å². The van der Waals surface area contributed by atoms with Gasteiger partial charge in [-0.05, 0) is 49.5 Å². The molecular formula is C16H25ClN2O. The molecule has 1 aromatic carbocycles. The van der Waals surface area contributed by atoms with Gasteiger partial charge >= 0.3 is 0 Å². The topological polar surface area (TPSA) is 38.5 Å². The average Bonchev–Trinajstić information content (AvgIpc) is 2.89. The molecule has 2 aliphatic heterocycles. The Morgan fingerprint density at radius 3 is 3.05 bits per heavy atom. The van der Waals surface area contributed by atoms with E-state index >= 15 is 0 Å². The fourth-order valence-electron chi connectivity index (χ4n) is 3.36. The lowest BCUT2D eigenvalue weighted by Gasteiger charge is -2.35. The molecule has 1 saturated heterocycles. The Balaban J connectivity index is 0.00000147. The molecule has 20 heavy (non-hydrogen) atoms. The summed E-state index contributed by atoms with van der Waals surface area (Å²) in [7, 11) is 0. The minimum Gasteiger partial charge on any atom is -0.493 e. The number of nitrogens with zero attached hydrogens (tertiary/aromatic N) is 1. The van der Waals surface area contributed by atoms with Crippen molar-refractivity contribution in [2.45, 2.75) is 44.7 Å². The standard InChI is InChI=1S/C16H24N2O.ClH/c17-8-6-15-3-1-2-9-18(15)12-13-4-5-16-14(11-13)7-10-19-16;/h4-5,11,15H,1-3,6-10,12,17H2;1H. The van der Waals surface area contributed by atoms with Crippen LogP contribution in [0.4, 0.5) is 0 Å². The van der Waals surface area contributed by atoms with E-state index in [-0.39, 0.29) is 12.4 Å². The smallest absolute Gasteiger partial charge is 0.122 e. The van der Waals surface area contributed by atoms with Crippen LogP contribution in [-0.4, -0.2) is 30.6 Å². The molecule has 0 bridgehead atoms. The number of nitrogens with two attached hydrogens (primary N) is 1. The van der Waals surface area contributed by atoms with Crippen molar-refractivity contribution in [3.63, 3.8) is 0 Å². The van der Waals surface area contributed by atoms with Gasteiger partial charge in [-0.2, -0.15) is 0 Å². The van der Waals surface area contributed by atoms with E-state index in [2.05, 4.69) is 23.1 Å². The molecule has 2 aliphatic rings. The summed E-state index contributed by atoms with van der Waals surface area (Å²) in [6.45, 7) is 3.94. The quantitative estimate of drug-likeness (QED) is 0.928. The van der Waals surface area contributed by atoms with E-state index in [0.717, 1.165) is 38.3 Å². The van der Waals surface area contributed by atoms with E-state index in [1.165, 1.54) is 36.9 Å². The summed E-state index contributed by atoms with van der Waals surface area (Å²) in [5, 5.41) is 0. The number of hydrogen-bond donors (Lipinski definition) is 1. The highest BCUT2D eigenvalue weighted by atomic mass is 35.5. The van der Waals surface area contributed by atoms with Crippen LogP contribution in [0.3, 0.4) is 0 Å².